The van der Waals surface area contributed by atoms with Gasteiger partial charge in [-0.1, -0.05) is 113 Å². The highest BCUT2D eigenvalue weighted by Crippen LogP contribution is 2.45. The van der Waals surface area contributed by atoms with Crippen molar-refractivity contribution in [2.75, 3.05) is 66.5 Å². The molecule has 4 aromatic carbocycles. The summed E-state index contributed by atoms with van der Waals surface area (Å²) in [6.07, 6.45) is 3.75. The minimum absolute atomic E-state index is 0.00390. The van der Waals surface area contributed by atoms with Crippen LogP contribution >= 0.6 is 10.8 Å². The second kappa shape index (κ2) is 28.6. The standard InChI is InChI=1S/C60H88N10O10S2/c1-41(61-9)55(73)65-53(59(3,4)5)57(75)69-31-17-23-47(69)39-67(33-29-43-19-13-11-14-20-43)51(71)37-63-81(77,78)49-27-25-46-36-50(28-26-45(46)35-49)82(79,80)64-38-52(72)68(34-30-44-21-15-12-16-22-44)40-48-24-18-32-70(48)58(76)54(60(6,7)8)66-56(74)42(2)62-10/h11-16,19-22,25-28,35-36,41-42,47-48,53-54,61-63H,17-18,23-24,29-34,37-40H2,1-10H3,(H5-,64,65,66,73,74,77,78,79,80)/p+2/t41-,42-,47-,48-,53+,54+/m0/s1. The SMILES string of the molecule is CN[C@@H](C)C(=O)N[C@H](C(=O)N1CCC[C@H]1CN(CCc1ccccc1)C(=O)CNS(O)([OH2+])c1ccc2cc([S+](=O)(O)NCC(=O)N(CCc3ccccc3)C[C@@H]3CCCN3C(=O)[C@@H](NC(=O)[C@H](C)NC)C(C)(C)C)ccc2c1)C(C)(C)C. The zero-order valence-electron chi connectivity index (χ0n) is 49.5. The molecule has 450 valence electrons. The summed E-state index contributed by atoms with van der Waals surface area (Å²) in [4.78, 5) is 90.1. The molecule has 2 saturated heterocycles. The number of likely N-dealkylation sites (N-methyl/N-ethyl adjacent to an activating group) is 2. The topological polar surface area (TPSA) is 268 Å². The molecular weight excluding hydrogens is 1080 g/mol. The lowest BCUT2D eigenvalue weighted by molar-refractivity contribution is -0.142. The number of hydrogen-bond acceptors (Lipinski definition) is 11. The van der Waals surface area contributed by atoms with Gasteiger partial charge in [0.05, 0.1) is 18.6 Å². The van der Waals surface area contributed by atoms with Gasteiger partial charge in [-0.25, -0.2) is 4.55 Å². The van der Waals surface area contributed by atoms with Crippen LogP contribution in [-0.2, 0) is 56.2 Å². The van der Waals surface area contributed by atoms with Gasteiger partial charge in [0.15, 0.2) is 0 Å². The summed E-state index contributed by atoms with van der Waals surface area (Å²) in [5, 5.41) is 12.8. The summed E-state index contributed by atoms with van der Waals surface area (Å²) >= 11 is 0. The Morgan fingerprint density at radius 1 is 0.659 bits per heavy atom. The van der Waals surface area contributed by atoms with Crippen LogP contribution in [0.15, 0.2) is 107 Å². The van der Waals surface area contributed by atoms with Crippen molar-refractivity contribution < 1.29 is 46.6 Å². The van der Waals surface area contributed by atoms with Crippen LogP contribution in [0.5, 0.6) is 0 Å². The summed E-state index contributed by atoms with van der Waals surface area (Å²) in [5.41, 5.74) is 0.797. The van der Waals surface area contributed by atoms with E-state index in [-0.39, 0.29) is 77.6 Å². The molecule has 0 spiro atoms. The maximum atomic E-state index is 14.3. The summed E-state index contributed by atoms with van der Waals surface area (Å²) in [6, 6.07) is 25.3. The van der Waals surface area contributed by atoms with Gasteiger partial charge < -0.3 is 45.4 Å². The van der Waals surface area contributed by atoms with Crippen molar-refractivity contribution in [3.63, 3.8) is 0 Å². The normalized spacial score (nSPS) is 19.0. The molecule has 2 heterocycles. The molecule has 2 unspecified atom stereocenters. The number of carbonyl (C=O) groups is 6. The monoisotopic (exact) mass is 1170 g/mol. The van der Waals surface area contributed by atoms with Crippen molar-refractivity contribution in [3.05, 3.63) is 108 Å². The number of nitrogens with zero attached hydrogens (tertiary/aromatic N) is 4. The Morgan fingerprint density at radius 3 is 1.52 bits per heavy atom. The Balaban J connectivity index is 1.13. The average Bonchev–Trinajstić information content (AvgIpc) is 4.28. The number of amides is 6. The van der Waals surface area contributed by atoms with Crippen molar-refractivity contribution in [2.24, 2.45) is 10.8 Å². The summed E-state index contributed by atoms with van der Waals surface area (Å²) in [7, 11) is -4.18. The number of fused-ring (bicyclic) bond motifs is 1. The average molecular weight is 1180 g/mol. The Bertz CT molecular complexity index is 2890. The fraction of sp³-hybridized carbons (Fsp3) is 0.533. The Labute approximate surface area is 487 Å². The second-order valence-corrected chi connectivity index (χ2v) is 27.6. The molecule has 20 nitrogen and oxygen atoms in total. The van der Waals surface area contributed by atoms with Gasteiger partial charge in [-0.2, -0.15) is 9.27 Å². The molecule has 6 amide bonds. The van der Waals surface area contributed by atoms with Gasteiger partial charge in [0.2, 0.25) is 40.3 Å². The van der Waals surface area contributed by atoms with E-state index < -0.39 is 68.6 Å². The molecule has 82 heavy (non-hydrogen) atoms. The largest absolute Gasteiger partial charge is 0.342 e. The first-order chi connectivity index (χ1) is 38.6. The molecule has 2 fully saturated rings. The van der Waals surface area contributed by atoms with Crippen molar-refractivity contribution in [2.45, 2.75) is 140 Å². The van der Waals surface area contributed by atoms with Gasteiger partial charge in [0, 0.05) is 57.4 Å². The predicted octanol–water partition coefficient (Wildman–Crippen LogP) is 4.86. The molecule has 0 radical (unpaired) electrons. The van der Waals surface area contributed by atoms with Gasteiger partial charge in [0.1, 0.15) is 23.5 Å². The van der Waals surface area contributed by atoms with E-state index in [1.165, 1.54) is 18.2 Å². The molecule has 0 aliphatic carbocycles. The second-order valence-electron chi connectivity index (χ2n) is 23.9. The summed E-state index contributed by atoms with van der Waals surface area (Å²) in [6.45, 7) is 15.9. The third-order valence-electron chi connectivity index (χ3n) is 15.7. The van der Waals surface area contributed by atoms with E-state index in [9.17, 15) is 42.1 Å². The maximum Gasteiger partial charge on any atom is 0.323 e. The highest BCUT2D eigenvalue weighted by atomic mass is 32.3. The smallest absolute Gasteiger partial charge is 0.323 e. The van der Waals surface area contributed by atoms with Crippen LogP contribution in [0.25, 0.3) is 10.8 Å². The zero-order chi connectivity index (χ0) is 60.2. The van der Waals surface area contributed by atoms with E-state index in [2.05, 4.69) is 30.7 Å². The lowest BCUT2D eigenvalue weighted by atomic mass is 9.85. The van der Waals surface area contributed by atoms with Gasteiger partial charge >= 0.3 is 10.4 Å². The third kappa shape index (κ3) is 17.6. The molecule has 4 aromatic rings. The molecule has 6 rings (SSSR count). The molecule has 8 atom stereocenters. The number of benzene rings is 4. The number of hydrogen-bond donors (Lipinski definition) is 8. The van der Waals surface area contributed by atoms with E-state index in [0.29, 0.717) is 62.5 Å². The van der Waals surface area contributed by atoms with Gasteiger partial charge in [-0.05, 0) is 138 Å². The van der Waals surface area contributed by atoms with Gasteiger partial charge in [-0.15, -0.1) is 0 Å². The molecule has 10 N–H and O–H groups in total. The van der Waals surface area contributed by atoms with Crippen LogP contribution in [0.3, 0.4) is 0 Å². The maximum absolute atomic E-state index is 14.3. The van der Waals surface area contributed by atoms with Crippen LogP contribution in [0, 0.1) is 10.8 Å². The highest BCUT2D eigenvalue weighted by Gasteiger charge is 2.43. The van der Waals surface area contributed by atoms with Crippen molar-refractivity contribution >= 4 is 67.4 Å². The van der Waals surface area contributed by atoms with Gasteiger partial charge in [0.25, 0.3) is 0 Å². The molecule has 22 heteroatoms. The van der Waals surface area contributed by atoms with Crippen LogP contribution in [-0.4, -0.2) is 171 Å². The fourth-order valence-corrected chi connectivity index (χ4v) is 12.4. The van der Waals surface area contributed by atoms with Crippen molar-refractivity contribution in [1.29, 1.82) is 0 Å². The molecule has 2 aliphatic rings. The first kappa shape index (κ1) is 65.3. The van der Waals surface area contributed by atoms with Crippen LogP contribution in [0.4, 0.5) is 0 Å². The number of nitrogens with one attached hydrogen (secondary N) is 6. The zero-order valence-corrected chi connectivity index (χ0v) is 51.1. The van der Waals surface area contributed by atoms with E-state index in [1.807, 2.05) is 102 Å². The molecular formula is C60H90N10O10S2+2. The quantitative estimate of drug-likeness (QED) is 0.0392. The van der Waals surface area contributed by atoms with Crippen LogP contribution in [0.2, 0.25) is 0 Å². The van der Waals surface area contributed by atoms with E-state index >= 15 is 0 Å². The van der Waals surface area contributed by atoms with Crippen molar-refractivity contribution in [3.8, 4) is 0 Å². The number of carbonyl (C=O) groups excluding carboxylic acids is 6. The molecule has 0 aromatic heterocycles. The molecule has 2 aliphatic heterocycles. The fourth-order valence-electron chi connectivity index (χ4n) is 10.3. The van der Waals surface area contributed by atoms with Crippen LogP contribution < -0.4 is 30.7 Å². The summed E-state index contributed by atoms with van der Waals surface area (Å²) in [5.74, 6) is -1.83. The first-order valence-electron chi connectivity index (χ1n) is 28.4. The summed E-state index contributed by atoms with van der Waals surface area (Å²) < 4.78 is 51.6. The molecule has 0 bridgehead atoms. The Kier molecular flexibility index (Phi) is 22.8. The minimum atomic E-state index is -4.01. The highest BCUT2D eigenvalue weighted by molar-refractivity contribution is 8.22. The first-order valence-corrected chi connectivity index (χ1v) is 31.5. The Morgan fingerprint density at radius 2 is 1.09 bits per heavy atom. The van der Waals surface area contributed by atoms with E-state index in [1.54, 1.807) is 65.7 Å². The van der Waals surface area contributed by atoms with Crippen molar-refractivity contribution in [1.82, 2.24) is 50.3 Å². The van der Waals surface area contributed by atoms with Crippen LogP contribution in [0.1, 0.15) is 92.2 Å². The molecule has 0 saturated carbocycles. The van der Waals surface area contributed by atoms with E-state index in [0.717, 1.165) is 17.5 Å². The Hall–Kier alpha value is -5.82. The predicted molar refractivity (Wildman–Crippen MR) is 324 cm³/mol. The van der Waals surface area contributed by atoms with E-state index in [4.69, 9.17) is 4.55 Å². The third-order valence-corrected chi connectivity index (χ3v) is 18.6. The lowest BCUT2D eigenvalue weighted by Crippen LogP contribution is -2.59. The number of rotatable bonds is 26. The lowest BCUT2D eigenvalue weighted by Gasteiger charge is -2.38. The number of likely N-dealkylation sites (tertiary alicyclic amines) is 2. The van der Waals surface area contributed by atoms with Gasteiger partial charge in [-0.3, -0.25) is 28.8 Å². The minimum Gasteiger partial charge on any atom is -0.342 e.